The lowest BCUT2D eigenvalue weighted by molar-refractivity contribution is 0.232. The van der Waals surface area contributed by atoms with E-state index in [1.165, 1.54) is 0 Å². The third-order valence-corrected chi connectivity index (χ3v) is 1.17. The van der Waals surface area contributed by atoms with Crippen LogP contribution < -0.4 is 22.1 Å². The maximum Gasteiger partial charge on any atom is 0.312 e. The first kappa shape index (κ1) is 10.5. The van der Waals surface area contributed by atoms with Crippen LogP contribution in [0.4, 0.5) is 9.59 Å². The smallest absolute Gasteiger partial charge is 0.312 e. The summed E-state index contributed by atoms with van der Waals surface area (Å²) in [6, 6.07) is -1.26. The van der Waals surface area contributed by atoms with Gasteiger partial charge in [-0.1, -0.05) is 0 Å². The molecule has 0 atom stereocenters. The average molecular weight is 174 g/mol. The van der Waals surface area contributed by atoms with E-state index in [4.69, 9.17) is 11.5 Å². The van der Waals surface area contributed by atoms with Crippen molar-refractivity contribution >= 4 is 12.1 Å². The minimum Gasteiger partial charge on any atom is -0.352 e. The van der Waals surface area contributed by atoms with E-state index in [0.717, 1.165) is 0 Å². The van der Waals surface area contributed by atoms with Gasteiger partial charge in [0.25, 0.3) is 0 Å². The van der Waals surface area contributed by atoms with Gasteiger partial charge in [-0.2, -0.15) is 0 Å². The van der Waals surface area contributed by atoms with Crippen molar-refractivity contribution < 1.29 is 9.59 Å². The Morgan fingerprint density at radius 2 is 1.75 bits per heavy atom. The van der Waals surface area contributed by atoms with E-state index >= 15 is 0 Å². The molecule has 0 saturated carbocycles. The molecule has 0 saturated heterocycles. The molecule has 0 fully saturated rings. The molecule has 6 nitrogen and oxygen atoms in total. The molecule has 6 N–H and O–H groups in total. The molecule has 0 aliphatic carbocycles. The number of urea groups is 2. The van der Waals surface area contributed by atoms with Crippen molar-refractivity contribution in [3.8, 4) is 0 Å². The number of amides is 4. The summed E-state index contributed by atoms with van der Waals surface area (Å²) in [5, 5.41) is 4.80. The van der Waals surface area contributed by atoms with Gasteiger partial charge in [-0.3, -0.25) is 0 Å². The third-order valence-electron chi connectivity index (χ3n) is 1.17. The molecule has 0 unspecified atom stereocenters. The predicted octanol–water partition coefficient (Wildman–Crippen LogP) is -0.898. The van der Waals surface area contributed by atoms with Gasteiger partial charge in [0, 0.05) is 6.54 Å². The van der Waals surface area contributed by atoms with Gasteiger partial charge in [-0.15, -0.1) is 0 Å². The molecular formula is C6H14N4O2. The lowest BCUT2D eigenvalue weighted by Crippen LogP contribution is -2.53. The first-order valence-corrected chi connectivity index (χ1v) is 3.44. The fourth-order valence-electron chi connectivity index (χ4n) is 0.686. The highest BCUT2D eigenvalue weighted by atomic mass is 16.2. The van der Waals surface area contributed by atoms with E-state index in [2.05, 4.69) is 10.6 Å². The highest BCUT2D eigenvalue weighted by Crippen LogP contribution is 1.98. The van der Waals surface area contributed by atoms with Crippen LogP contribution in [0.5, 0.6) is 0 Å². The Labute approximate surface area is 70.7 Å². The number of nitrogens with one attached hydrogen (secondary N) is 2. The highest BCUT2D eigenvalue weighted by molar-refractivity contribution is 5.73. The number of nitrogens with two attached hydrogens (primary N) is 2. The topological polar surface area (TPSA) is 110 Å². The standard InChI is InChI=1S/C6H14N4O2/c1-6(2,10-5(8)12)3-9-4(7)11/h3H2,1-2H3,(H3,7,9,11)(H3,8,10,12). The van der Waals surface area contributed by atoms with Crippen molar-refractivity contribution in [3.63, 3.8) is 0 Å². The number of hydrogen-bond acceptors (Lipinski definition) is 2. The first-order chi connectivity index (χ1) is 5.33. The molecule has 0 rings (SSSR count). The summed E-state index contributed by atoms with van der Waals surface area (Å²) in [4.78, 5) is 20.7. The third kappa shape index (κ3) is 5.33. The molecule has 4 amide bonds. The second-order valence-electron chi connectivity index (χ2n) is 3.09. The van der Waals surface area contributed by atoms with Crippen molar-refractivity contribution in [1.82, 2.24) is 10.6 Å². The number of carbonyl (C=O) groups is 2. The Morgan fingerprint density at radius 3 is 2.08 bits per heavy atom. The molecule has 0 spiro atoms. The molecule has 0 bridgehead atoms. The average Bonchev–Trinajstić information content (AvgIpc) is 1.81. The Morgan fingerprint density at radius 1 is 1.25 bits per heavy atom. The fraction of sp³-hybridized carbons (Fsp3) is 0.667. The van der Waals surface area contributed by atoms with Gasteiger partial charge in [0.2, 0.25) is 0 Å². The minimum atomic E-state index is -0.633. The number of hydrogen-bond donors (Lipinski definition) is 4. The summed E-state index contributed by atoms with van der Waals surface area (Å²) >= 11 is 0. The van der Waals surface area contributed by atoms with Crippen LogP contribution in [0, 0.1) is 0 Å². The van der Waals surface area contributed by atoms with Crippen LogP contribution in [0.1, 0.15) is 13.8 Å². The largest absolute Gasteiger partial charge is 0.352 e. The van der Waals surface area contributed by atoms with Gasteiger partial charge >= 0.3 is 12.1 Å². The molecule has 0 aromatic carbocycles. The van der Waals surface area contributed by atoms with Crippen molar-refractivity contribution in [2.45, 2.75) is 19.4 Å². The molecule has 0 aliphatic heterocycles. The van der Waals surface area contributed by atoms with Crippen molar-refractivity contribution in [2.75, 3.05) is 6.54 Å². The number of carbonyl (C=O) groups excluding carboxylic acids is 2. The van der Waals surface area contributed by atoms with Crippen molar-refractivity contribution in [2.24, 2.45) is 11.5 Å². The molecule has 0 aromatic rings. The lowest BCUT2D eigenvalue weighted by Gasteiger charge is -2.24. The number of rotatable bonds is 3. The second-order valence-corrected chi connectivity index (χ2v) is 3.09. The molecule has 0 radical (unpaired) electrons. The van der Waals surface area contributed by atoms with E-state index in [0.29, 0.717) is 0 Å². The zero-order chi connectivity index (χ0) is 9.78. The zero-order valence-electron chi connectivity index (χ0n) is 7.18. The predicted molar refractivity (Wildman–Crippen MR) is 44.4 cm³/mol. The van der Waals surface area contributed by atoms with Gasteiger partial charge in [-0.05, 0) is 13.8 Å². The van der Waals surface area contributed by atoms with Gasteiger partial charge in [0.05, 0.1) is 5.54 Å². The zero-order valence-corrected chi connectivity index (χ0v) is 7.18. The van der Waals surface area contributed by atoms with Crippen LogP contribution >= 0.6 is 0 Å². The molecule has 6 heteroatoms. The Hall–Kier alpha value is -1.46. The van der Waals surface area contributed by atoms with Crippen LogP contribution in [0.15, 0.2) is 0 Å². The summed E-state index contributed by atoms with van der Waals surface area (Å²) in [6.07, 6.45) is 0. The van der Waals surface area contributed by atoms with E-state index in [1.807, 2.05) is 0 Å². The molecule has 0 heterocycles. The maximum atomic E-state index is 10.4. The molecular weight excluding hydrogens is 160 g/mol. The minimum absolute atomic E-state index is 0.241. The van der Waals surface area contributed by atoms with E-state index in [-0.39, 0.29) is 6.54 Å². The van der Waals surface area contributed by atoms with Crippen molar-refractivity contribution in [1.29, 1.82) is 0 Å². The summed E-state index contributed by atoms with van der Waals surface area (Å²) in [6.45, 7) is 3.67. The maximum absolute atomic E-state index is 10.4. The molecule has 0 aromatic heterocycles. The Bertz CT molecular complexity index is 190. The summed E-state index contributed by atoms with van der Waals surface area (Å²) in [5.41, 5.74) is 9.14. The first-order valence-electron chi connectivity index (χ1n) is 3.44. The monoisotopic (exact) mass is 174 g/mol. The van der Waals surface area contributed by atoms with E-state index in [9.17, 15) is 9.59 Å². The normalized spacial score (nSPS) is 10.5. The summed E-state index contributed by atoms with van der Waals surface area (Å²) < 4.78 is 0. The quantitative estimate of drug-likeness (QED) is 0.444. The highest BCUT2D eigenvalue weighted by Gasteiger charge is 2.18. The molecule has 0 aliphatic rings. The van der Waals surface area contributed by atoms with E-state index < -0.39 is 17.6 Å². The molecule has 70 valence electrons. The van der Waals surface area contributed by atoms with Gasteiger partial charge in [-0.25, -0.2) is 9.59 Å². The molecule has 12 heavy (non-hydrogen) atoms. The van der Waals surface area contributed by atoms with Crippen LogP contribution in [-0.2, 0) is 0 Å². The SMILES string of the molecule is CC(C)(CNC(N)=O)NC(N)=O. The van der Waals surface area contributed by atoms with Gasteiger partial charge in [0.15, 0.2) is 0 Å². The van der Waals surface area contributed by atoms with Gasteiger partial charge in [0.1, 0.15) is 0 Å². The van der Waals surface area contributed by atoms with Crippen molar-refractivity contribution in [3.05, 3.63) is 0 Å². The Balaban J connectivity index is 3.86. The van der Waals surface area contributed by atoms with Crippen LogP contribution in [0.3, 0.4) is 0 Å². The van der Waals surface area contributed by atoms with Crippen LogP contribution in [0.2, 0.25) is 0 Å². The number of primary amides is 2. The summed E-state index contributed by atoms with van der Waals surface area (Å²) in [5.74, 6) is 0. The van der Waals surface area contributed by atoms with Crippen LogP contribution in [-0.4, -0.2) is 24.1 Å². The van der Waals surface area contributed by atoms with E-state index in [1.54, 1.807) is 13.8 Å². The fourth-order valence-corrected chi connectivity index (χ4v) is 0.686. The second kappa shape index (κ2) is 3.80. The lowest BCUT2D eigenvalue weighted by atomic mass is 10.1. The summed E-state index contributed by atoms with van der Waals surface area (Å²) in [7, 11) is 0. The Kier molecular flexibility index (Phi) is 3.33. The van der Waals surface area contributed by atoms with Gasteiger partial charge < -0.3 is 22.1 Å². The van der Waals surface area contributed by atoms with Crippen LogP contribution in [0.25, 0.3) is 0 Å².